The maximum Gasteiger partial charge on any atom is 0.0396 e. The Balaban J connectivity index is 2.29. The molecule has 1 heterocycles. The summed E-state index contributed by atoms with van der Waals surface area (Å²) in [5.41, 5.74) is 2.77. The average Bonchev–Trinajstić information content (AvgIpc) is 2.56. The van der Waals surface area contributed by atoms with Crippen molar-refractivity contribution in [2.24, 2.45) is 0 Å². The van der Waals surface area contributed by atoms with Gasteiger partial charge in [0.05, 0.1) is 0 Å². The van der Waals surface area contributed by atoms with Gasteiger partial charge in [0.25, 0.3) is 0 Å². The SMILES string of the molecule is Cc1cc(Br)ccc1N1CCCC1. The molecule has 1 aliphatic heterocycles. The van der Waals surface area contributed by atoms with Crippen LogP contribution >= 0.6 is 15.9 Å². The lowest BCUT2D eigenvalue weighted by molar-refractivity contribution is 0.949. The summed E-state index contributed by atoms with van der Waals surface area (Å²) in [6, 6.07) is 6.53. The quantitative estimate of drug-likeness (QED) is 0.727. The van der Waals surface area contributed by atoms with Gasteiger partial charge in [-0.15, -0.1) is 0 Å². The second-order valence-corrected chi connectivity index (χ2v) is 4.54. The molecule has 2 rings (SSSR count). The molecule has 0 bridgehead atoms. The maximum atomic E-state index is 3.49. The molecule has 1 saturated heterocycles. The van der Waals surface area contributed by atoms with Crippen molar-refractivity contribution >= 4 is 21.6 Å². The highest BCUT2D eigenvalue weighted by molar-refractivity contribution is 9.10. The molecule has 0 aliphatic carbocycles. The molecule has 0 radical (unpaired) electrons. The topological polar surface area (TPSA) is 3.24 Å². The first kappa shape index (κ1) is 9.07. The number of halogens is 1. The first-order valence-corrected chi connectivity index (χ1v) is 5.58. The zero-order chi connectivity index (χ0) is 9.26. The Morgan fingerprint density at radius 3 is 2.54 bits per heavy atom. The first-order chi connectivity index (χ1) is 6.27. The van der Waals surface area contributed by atoms with Gasteiger partial charge in [-0.2, -0.15) is 0 Å². The number of anilines is 1. The largest absolute Gasteiger partial charge is 0.371 e. The summed E-state index contributed by atoms with van der Waals surface area (Å²) in [7, 11) is 0. The fourth-order valence-electron chi connectivity index (χ4n) is 1.93. The lowest BCUT2D eigenvalue weighted by Crippen LogP contribution is -2.18. The fraction of sp³-hybridized carbons (Fsp3) is 0.455. The number of aryl methyl sites for hydroxylation is 1. The second kappa shape index (κ2) is 3.70. The number of hydrogen-bond donors (Lipinski definition) is 0. The van der Waals surface area contributed by atoms with Crippen LogP contribution in [0.5, 0.6) is 0 Å². The van der Waals surface area contributed by atoms with Gasteiger partial charge in [-0.1, -0.05) is 15.9 Å². The van der Waals surface area contributed by atoms with Crippen LogP contribution in [0.25, 0.3) is 0 Å². The van der Waals surface area contributed by atoms with E-state index >= 15 is 0 Å². The van der Waals surface area contributed by atoms with Gasteiger partial charge in [0.1, 0.15) is 0 Å². The monoisotopic (exact) mass is 239 g/mol. The minimum absolute atomic E-state index is 1.17. The van der Waals surface area contributed by atoms with Crippen molar-refractivity contribution in [3.05, 3.63) is 28.2 Å². The van der Waals surface area contributed by atoms with Crippen LogP contribution in [0, 0.1) is 6.92 Å². The Morgan fingerprint density at radius 2 is 1.92 bits per heavy atom. The third-order valence-electron chi connectivity index (χ3n) is 2.61. The molecule has 0 spiro atoms. The summed E-state index contributed by atoms with van der Waals surface area (Å²) in [5.74, 6) is 0. The highest BCUT2D eigenvalue weighted by atomic mass is 79.9. The minimum atomic E-state index is 1.17. The zero-order valence-electron chi connectivity index (χ0n) is 7.89. The molecular weight excluding hydrogens is 226 g/mol. The van der Waals surface area contributed by atoms with E-state index in [2.05, 4.69) is 46.0 Å². The molecule has 1 aromatic rings. The predicted octanol–water partition coefficient (Wildman–Crippen LogP) is 3.36. The molecule has 0 atom stereocenters. The summed E-state index contributed by atoms with van der Waals surface area (Å²) in [5, 5.41) is 0. The zero-order valence-corrected chi connectivity index (χ0v) is 9.47. The molecule has 0 aromatic heterocycles. The molecule has 1 aromatic carbocycles. The van der Waals surface area contributed by atoms with E-state index in [1.165, 1.54) is 41.7 Å². The molecular formula is C11H14BrN. The molecule has 1 fully saturated rings. The van der Waals surface area contributed by atoms with Crippen molar-refractivity contribution in [1.82, 2.24) is 0 Å². The summed E-state index contributed by atoms with van der Waals surface area (Å²) in [6.07, 6.45) is 2.69. The van der Waals surface area contributed by atoms with Crippen molar-refractivity contribution in [3.63, 3.8) is 0 Å². The van der Waals surface area contributed by atoms with Gasteiger partial charge in [-0.05, 0) is 43.5 Å². The van der Waals surface area contributed by atoms with Gasteiger partial charge < -0.3 is 4.90 Å². The fourth-order valence-corrected chi connectivity index (χ4v) is 2.41. The standard InChI is InChI=1S/C11H14BrN/c1-9-8-10(12)4-5-11(9)13-6-2-3-7-13/h4-5,8H,2-3,6-7H2,1H3. The Bertz CT molecular complexity index is 303. The van der Waals surface area contributed by atoms with Crippen molar-refractivity contribution in [2.75, 3.05) is 18.0 Å². The lowest BCUT2D eigenvalue weighted by atomic mass is 10.2. The Hall–Kier alpha value is -0.500. The van der Waals surface area contributed by atoms with Crippen LogP contribution in [0.15, 0.2) is 22.7 Å². The number of benzene rings is 1. The minimum Gasteiger partial charge on any atom is -0.371 e. The van der Waals surface area contributed by atoms with Crippen LogP contribution in [0.3, 0.4) is 0 Å². The number of rotatable bonds is 1. The smallest absolute Gasteiger partial charge is 0.0396 e. The van der Waals surface area contributed by atoms with E-state index in [9.17, 15) is 0 Å². The normalized spacial score (nSPS) is 16.6. The van der Waals surface area contributed by atoms with Crippen LogP contribution in [0.2, 0.25) is 0 Å². The van der Waals surface area contributed by atoms with Gasteiger partial charge in [0.15, 0.2) is 0 Å². The Kier molecular flexibility index (Phi) is 2.58. The maximum absolute atomic E-state index is 3.49. The van der Waals surface area contributed by atoms with E-state index in [4.69, 9.17) is 0 Å². The third kappa shape index (κ3) is 1.88. The number of hydrogen-bond acceptors (Lipinski definition) is 1. The average molecular weight is 240 g/mol. The molecule has 0 unspecified atom stereocenters. The van der Waals surface area contributed by atoms with E-state index in [0.717, 1.165) is 0 Å². The summed E-state index contributed by atoms with van der Waals surface area (Å²) >= 11 is 3.49. The molecule has 2 heteroatoms. The summed E-state index contributed by atoms with van der Waals surface area (Å²) < 4.78 is 1.17. The van der Waals surface area contributed by atoms with Gasteiger partial charge >= 0.3 is 0 Å². The van der Waals surface area contributed by atoms with E-state index in [0.29, 0.717) is 0 Å². The molecule has 0 amide bonds. The van der Waals surface area contributed by atoms with Crippen molar-refractivity contribution in [2.45, 2.75) is 19.8 Å². The van der Waals surface area contributed by atoms with Gasteiger partial charge in [0.2, 0.25) is 0 Å². The van der Waals surface area contributed by atoms with Crippen molar-refractivity contribution in [3.8, 4) is 0 Å². The predicted molar refractivity (Wildman–Crippen MR) is 60.3 cm³/mol. The Labute approximate surface area is 87.9 Å². The van der Waals surface area contributed by atoms with E-state index in [-0.39, 0.29) is 0 Å². The highest BCUT2D eigenvalue weighted by Crippen LogP contribution is 2.26. The molecule has 0 N–H and O–H groups in total. The third-order valence-corrected chi connectivity index (χ3v) is 3.10. The summed E-state index contributed by atoms with van der Waals surface area (Å²) in [6.45, 7) is 4.63. The van der Waals surface area contributed by atoms with Crippen molar-refractivity contribution < 1.29 is 0 Å². The van der Waals surface area contributed by atoms with Crippen LogP contribution in [-0.2, 0) is 0 Å². The van der Waals surface area contributed by atoms with Gasteiger partial charge in [0, 0.05) is 23.2 Å². The molecule has 13 heavy (non-hydrogen) atoms. The number of nitrogens with zero attached hydrogens (tertiary/aromatic N) is 1. The molecule has 0 saturated carbocycles. The van der Waals surface area contributed by atoms with Gasteiger partial charge in [-0.3, -0.25) is 0 Å². The van der Waals surface area contributed by atoms with Crippen LogP contribution < -0.4 is 4.90 Å². The molecule has 70 valence electrons. The second-order valence-electron chi connectivity index (χ2n) is 3.62. The van der Waals surface area contributed by atoms with Crippen molar-refractivity contribution in [1.29, 1.82) is 0 Å². The molecule has 1 nitrogen and oxygen atoms in total. The Morgan fingerprint density at radius 1 is 1.23 bits per heavy atom. The van der Waals surface area contributed by atoms with E-state index in [1.807, 2.05) is 0 Å². The van der Waals surface area contributed by atoms with E-state index in [1.54, 1.807) is 0 Å². The first-order valence-electron chi connectivity index (χ1n) is 4.78. The molecule has 1 aliphatic rings. The van der Waals surface area contributed by atoms with Crippen LogP contribution in [0.1, 0.15) is 18.4 Å². The summed E-state index contributed by atoms with van der Waals surface area (Å²) in [4.78, 5) is 2.47. The van der Waals surface area contributed by atoms with Crippen LogP contribution in [0.4, 0.5) is 5.69 Å². The van der Waals surface area contributed by atoms with Gasteiger partial charge in [-0.25, -0.2) is 0 Å². The van der Waals surface area contributed by atoms with Crippen LogP contribution in [-0.4, -0.2) is 13.1 Å². The lowest BCUT2D eigenvalue weighted by Gasteiger charge is -2.19. The van der Waals surface area contributed by atoms with E-state index < -0.39 is 0 Å². The highest BCUT2D eigenvalue weighted by Gasteiger charge is 2.13.